The Hall–Kier alpha value is -1.19. The minimum Gasteiger partial charge on any atom is -0.328 e. The van der Waals surface area contributed by atoms with Gasteiger partial charge in [0.2, 0.25) is 10.0 Å². The zero-order chi connectivity index (χ0) is 17.0. The molecule has 2 saturated heterocycles. The molecule has 3 rings (SSSR count). The van der Waals surface area contributed by atoms with Gasteiger partial charge < -0.3 is 5.73 Å². The molecule has 1 aromatic rings. The number of aromatic nitrogens is 1. The van der Waals surface area contributed by atoms with Crippen molar-refractivity contribution in [3.05, 3.63) is 23.5 Å². The highest BCUT2D eigenvalue weighted by Crippen LogP contribution is 2.40. The predicted molar refractivity (Wildman–Crippen MR) is 77.0 cm³/mol. The molecule has 3 heterocycles. The Labute approximate surface area is 132 Å². The van der Waals surface area contributed by atoms with Crippen LogP contribution in [0.25, 0.3) is 0 Å². The summed E-state index contributed by atoms with van der Waals surface area (Å²) in [4.78, 5) is 3.28. The highest BCUT2D eigenvalue weighted by molar-refractivity contribution is 7.89. The minimum atomic E-state index is -4.59. The molecule has 3 atom stereocenters. The molecule has 0 aromatic carbocycles. The Balaban J connectivity index is 1.98. The second-order valence-corrected chi connectivity index (χ2v) is 8.04. The van der Waals surface area contributed by atoms with E-state index in [2.05, 4.69) is 4.98 Å². The lowest BCUT2D eigenvalue weighted by Crippen LogP contribution is -2.50. The number of fused-ring (bicyclic) bond motifs is 2. The fraction of sp³-hybridized carbons (Fsp3) is 0.643. The molecule has 0 saturated carbocycles. The summed E-state index contributed by atoms with van der Waals surface area (Å²) in [6.07, 6.45) is -1.94. The van der Waals surface area contributed by atoms with Gasteiger partial charge in [0.25, 0.3) is 0 Å². The number of rotatable bonds is 2. The van der Waals surface area contributed by atoms with Crippen molar-refractivity contribution in [1.82, 2.24) is 9.29 Å². The summed E-state index contributed by atoms with van der Waals surface area (Å²) in [5, 5.41) is 0. The average Bonchev–Trinajstić information content (AvgIpc) is 2.71. The van der Waals surface area contributed by atoms with Gasteiger partial charge in [-0.15, -0.1) is 0 Å². The first-order chi connectivity index (χ1) is 10.6. The second-order valence-electron chi connectivity index (χ2n) is 6.23. The van der Waals surface area contributed by atoms with Crippen molar-refractivity contribution in [3.8, 4) is 0 Å². The molecule has 9 heteroatoms. The third kappa shape index (κ3) is 2.85. The van der Waals surface area contributed by atoms with Crippen LogP contribution in [0.1, 0.15) is 37.1 Å². The lowest BCUT2D eigenvalue weighted by Gasteiger charge is -2.36. The molecule has 128 valence electrons. The first-order valence-electron chi connectivity index (χ1n) is 7.44. The van der Waals surface area contributed by atoms with Gasteiger partial charge in [0.05, 0.1) is 5.69 Å². The first-order valence-corrected chi connectivity index (χ1v) is 8.88. The van der Waals surface area contributed by atoms with Gasteiger partial charge in [0, 0.05) is 18.1 Å². The number of halogens is 3. The van der Waals surface area contributed by atoms with Gasteiger partial charge >= 0.3 is 6.18 Å². The van der Waals surface area contributed by atoms with E-state index in [-0.39, 0.29) is 28.7 Å². The summed E-state index contributed by atoms with van der Waals surface area (Å²) >= 11 is 0. The number of pyridine rings is 1. The molecular formula is C14H18F3N3O2S. The van der Waals surface area contributed by atoms with Crippen LogP contribution >= 0.6 is 0 Å². The number of aryl methyl sites for hydroxylation is 1. The van der Waals surface area contributed by atoms with E-state index in [4.69, 9.17) is 5.73 Å². The van der Waals surface area contributed by atoms with Crippen LogP contribution < -0.4 is 5.73 Å². The van der Waals surface area contributed by atoms with Crippen molar-refractivity contribution in [2.24, 2.45) is 5.73 Å². The molecule has 0 radical (unpaired) electrons. The standard InChI is InChI=1S/C14H18F3N3O2S/c1-8-12(4-5-13(19-8)14(15,16)17)23(21,22)20-10-2-3-11(20)7-9(18)6-10/h4-5,9-11H,2-3,6-7,18H2,1H3/t9-,10-,11+. The quantitative estimate of drug-likeness (QED) is 0.887. The molecule has 2 fully saturated rings. The van der Waals surface area contributed by atoms with Crippen LogP contribution in [-0.2, 0) is 16.2 Å². The molecule has 1 aromatic heterocycles. The monoisotopic (exact) mass is 349 g/mol. The van der Waals surface area contributed by atoms with E-state index in [1.807, 2.05) is 0 Å². The molecule has 23 heavy (non-hydrogen) atoms. The van der Waals surface area contributed by atoms with Gasteiger partial charge in [-0.2, -0.15) is 17.5 Å². The van der Waals surface area contributed by atoms with E-state index < -0.39 is 21.9 Å². The molecule has 2 aliphatic heterocycles. The van der Waals surface area contributed by atoms with E-state index in [9.17, 15) is 21.6 Å². The van der Waals surface area contributed by atoms with E-state index in [1.54, 1.807) is 0 Å². The van der Waals surface area contributed by atoms with Gasteiger partial charge in [-0.3, -0.25) is 0 Å². The summed E-state index contributed by atoms with van der Waals surface area (Å²) in [5.41, 5.74) is 4.72. The fourth-order valence-electron chi connectivity index (χ4n) is 3.66. The van der Waals surface area contributed by atoms with Crippen molar-refractivity contribution < 1.29 is 21.6 Å². The molecule has 5 nitrogen and oxygen atoms in total. The Morgan fingerprint density at radius 3 is 2.26 bits per heavy atom. The van der Waals surface area contributed by atoms with Crippen molar-refractivity contribution in [3.63, 3.8) is 0 Å². The topological polar surface area (TPSA) is 76.3 Å². The maximum Gasteiger partial charge on any atom is 0.433 e. The maximum atomic E-state index is 12.9. The van der Waals surface area contributed by atoms with Crippen LogP contribution in [-0.4, -0.2) is 35.8 Å². The van der Waals surface area contributed by atoms with Crippen molar-refractivity contribution in [1.29, 1.82) is 0 Å². The third-order valence-electron chi connectivity index (χ3n) is 4.59. The van der Waals surface area contributed by atoms with Gasteiger partial charge in [-0.1, -0.05) is 0 Å². The molecule has 2 aliphatic rings. The summed E-state index contributed by atoms with van der Waals surface area (Å²) in [5.74, 6) is 0. The van der Waals surface area contributed by atoms with Crippen molar-refractivity contribution in [2.75, 3.05) is 0 Å². The van der Waals surface area contributed by atoms with Gasteiger partial charge in [-0.05, 0) is 44.7 Å². The molecule has 0 amide bonds. The van der Waals surface area contributed by atoms with Crippen molar-refractivity contribution >= 4 is 10.0 Å². The Bertz CT molecular complexity index is 706. The van der Waals surface area contributed by atoms with Crippen LogP contribution in [0.4, 0.5) is 13.2 Å². The highest BCUT2D eigenvalue weighted by Gasteiger charge is 2.47. The van der Waals surface area contributed by atoms with Crippen LogP contribution in [0.3, 0.4) is 0 Å². The predicted octanol–water partition coefficient (Wildman–Crippen LogP) is 2.05. The summed E-state index contributed by atoms with van der Waals surface area (Å²) < 4.78 is 65.3. The number of sulfonamides is 1. The molecular weight excluding hydrogens is 331 g/mol. The summed E-state index contributed by atoms with van der Waals surface area (Å²) in [7, 11) is -3.87. The number of hydrogen-bond acceptors (Lipinski definition) is 4. The Kier molecular flexibility index (Phi) is 3.93. The smallest absolute Gasteiger partial charge is 0.328 e. The van der Waals surface area contributed by atoms with E-state index >= 15 is 0 Å². The zero-order valence-electron chi connectivity index (χ0n) is 12.5. The zero-order valence-corrected chi connectivity index (χ0v) is 13.4. The number of alkyl halides is 3. The van der Waals surface area contributed by atoms with Crippen LogP contribution in [0.2, 0.25) is 0 Å². The van der Waals surface area contributed by atoms with Gasteiger partial charge in [-0.25, -0.2) is 13.4 Å². The SMILES string of the molecule is Cc1nc(C(F)(F)F)ccc1S(=O)(=O)N1[C@@H]2CC[C@H]1C[C@H](N)C2. The molecule has 0 spiro atoms. The van der Waals surface area contributed by atoms with Crippen molar-refractivity contribution in [2.45, 2.75) is 61.8 Å². The third-order valence-corrected chi connectivity index (χ3v) is 6.72. The summed E-state index contributed by atoms with van der Waals surface area (Å²) in [6, 6.07) is 1.36. The minimum absolute atomic E-state index is 0.0224. The van der Waals surface area contributed by atoms with Gasteiger partial charge in [0.15, 0.2) is 0 Å². The van der Waals surface area contributed by atoms with Crippen LogP contribution in [0, 0.1) is 6.92 Å². The molecule has 0 unspecified atom stereocenters. The second kappa shape index (κ2) is 5.42. The molecule has 2 bridgehead atoms. The number of piperidine rings is 1. The lowest BCUT2D eigenvalue weighted by atomic mass is 10.0. The van der Waals surface area contributed by atoms with E-state index in [1.165, 1.54) is 11.2 Å². The Morgan fingerprint density at radius 1 is 1.22 bits per heavy atom. The number of nitrogens with zero attached hydrogens (tertiary/aromatic N) is 2. The number of nitrogens with two attached hydrogens (primary N) is 1. The molecule has 0 aliphatic carbocycles. The lowest BCUT2D eigenvalue weighted by molar-refractivity contribution is -0.141. The Morgan fingerprint density at radius 2 is 1.78 bits per heavy atom. The molecule has 2 N–H and O–H groups in total. The van der Waals surface area contributed by atoms with E-state index in [0.29, 0.717) is 12.8 Å². The average molecular weight is 349 g/mol. The largest absolute Gasteiger partial charge is 0.433 e. The van der Waals surface area contributed by atoms with Crippen LogP contribution in [0.15, 0.2) is 17.0 Å². The summed E-state index contributed by atoms with van der Waals surface area (Å²) in [6.45, 7) is 1.29. The number of hydrogen-bond donors (Lipinski definition) is 1. The normalized spacial score (nSPS) is 29.0. The van der Waals surface area contributed by atoms with Crippen LogP contribution in [0.5, 0.6) is 0 Å². The van der Waals surface area contributed by atoms with Gasteiger partial charge in [0.1, 0.15) is 10.6 Å². The van der Waals surface area contributed by atoms with E-state index in [0.717, 1.165) is 25.0 Å². The maximum absolute atomic E-state index is 12.9. The fourth-order valence-corrected chi connectivity index (χ4v) is 5.71. The highest BCUT2D eigenvalue weighted by atomic mass is 32.2. The first kappa shape index (κ1) is 16.7.